The smallest absolute Gasteiger partial charge is 0.265 e. The van der Waals surface area contributed by atoms with Gasteiger partial charge in [0.1, 0.15) is 10.6 Å². The Kier molecular flexibility index (Phi) is 4.24. The number of amides is 1. The maximum atomic E-state index is 12.0. The lowest BCUT2D eigenvalue weighted by molar-refractivity contribution is 0.00527. The molecule has 1 aliphatic carbocycles. The predicted octanol–water partition coefficient (Wildman–Crippen LogP) is 2.18. The van der Waals surface area contributed by atoms with Crippen LogP contribution in [0.1, 0.15) is 41.8 Å². The van der Waals surface area contributed by atoms with E-state index in [0.717, 1.165) is 25.7 Å². The molecule has 1 saturated carbocycles. The van der Waals surface area contributed by atoms with E-state index in [4.69, 9.17) is 4.74 Å². The third-order valence-electron chi connectivity index (χ3n) is 3.42. The zero-order valence-electron chi connectivity index (χ0n) is 10.6. The van der Waals surface area contributed by atoms with Gasteiger partial charge < -0.3 is 15.2 Å². The largest absolute Gasteiger partial charge is 0.495 e. The summed E-state index contributed by atoms with van der Waals surface area (Å²) in [4.78, 5) is 12.5. The van der Waals surface area contributed by atoms with E-state index in [9.17, 15) is 9.90 Å². The highest BCUT2D eigenvalue weighted by atomic mass is 32.1. The molecule has 0 atom stereocenters. The third kappa shape index (κ3) is 3.03. The number of thiophene rings is 1. The van der Waals surface area contributed by atoms with Gasteiger partial charge >= 0.3 is 0 Å². The Morgan fingerprint density at radius 2 is 2.22 bits per heavy atom. The molecule has 0 radical (unpaired) electrons. The summed E-state index contributed by atoms with van der Waals surface area (Å²) in [5, 5.41) is 14.9. The lowest BCUT2D eigenvalue weighted by Gasteiger charge is -2.32. The molecule has 100 valence electrons. The number of rotatable bonds is 4. The maximum absolute atomic E-state index is 12.0. The molecule has 5 heteroatoms. The van der Waals surface area contributed by atoms with E-state index in [2.05, 4.69) is 5.32 Å². The number of hydrogen-bond acceptors (Lipinski definition) is 4. The summed E-state index contributed by atoms with van der Waals surface area (Å²) >= 11 is 1.35. The summed E-state index contributed by atoms with van der Waals surface area (Å²) in [7, 11) is 1.55. The lowest BCUT2D eigenvalue weighted by Crippen LogP contribution is -2.44. The average molecular weight is 269 g/mol. The van der Waals surface area contributed by atoms with Crippen molar-refractivity contribution in [3.8, 4) is 5.75 Å². The average Bonchev–Trinajstić information content (AvgIpc) is 2.85. The third-order valence-corrected chi connectivity index (χ3v) is 4.31. The first-order valence-electron chi connectivity index (χ1n) is 6.27. The number of carbonyl (C=O) groups is 1. The quantitative estimate of drug-likeness (QED) is 0.881. The Hall–Kier alpha value is -1.07. The summed E-state index contributed by atoms with van der Waals surface area (Å²) in [5.41, 5.74) is -0.724. The summed E-state index contributed by atoms with van der Waals surface area (Å²) in [6.45, 7) is 0.326. The van der Waals surface area contributed by atoms with Crippen LogP contribution < -0.4 is 10.1 Å². The molecule has 0 spiro atoms. The monoisotopic (exact) mass is 269 g/mol. The van der Waals surface area contributed by atoms with E-state index in [0.29, 0.717) is 17.2 Å². The second-order valence-corrected chi connectivity index (χ2v) is 5.70. The Morgan fingerprint density at radius 1 is 1.50 bits per heavy atom. The Balaban J connectivity index is 1.92. The van der Waals surface area contributed by atoms with Crippen LogP contribution >= 0.6 is 11.3 Å². The number of hydrogen-bond donors (Lipinski definition) is 2. The fourth-order valence-corrected chi connectivity index (χ4v) is 3.11. The minimum absolute atomic E-state index is 0.166. The number of carbonyl (C=O) groups excluding carboxylic acids is 1. The molecule has 18 heavy (non-hydrogen) atoms. The lowest BCUT2D eigenvalue weighted by atomic mass is 9.85. The molecule has 2 rings (SSSR count). The molecule has 0 bridgehead atoms. The zero-order valence-corrected chi connectivity index (χ0v) is 11.4. The molecule has 2 N–H and O–H groups in total. The molecule has 1 aromatic rings. The topological polar surface area (TPSA) is 58.6 Å². The fourth-order valence-electron chi connectivity index (χ4n) is 2.34. The van der Waals surface area contributed by atoms with Crippen molar-refractivity contribution >= 4 is 17.2 Å². The Morgan fingerprint density at radius 3 is 2.89 bits per heavy atom. The standard InChI is InChI=1S/C13H19NO3S/c1-17-10-5-8-18-11(10)12(15)14-9-13(16)6-3-2-4-7-13/h5,8,16H,2-4,6-7,9H2,1H3,(H,14,15). The van der Waals surface area contributed by atoms with Gasteiger partial charge in [0.05, 0.1) is 12.7 Å². The zero-order chi connectivity index (χ0) is 13.0. The van der Waals surface area contributed by atoms with Gasteiger partial charge in [0.2, 0.25) is 0 Å². The first kappa shape index (κ1) is 13.4. The fraction of sp³-hybridized carbons (Fsp3) is 0.615. The number of aliphatic hydroxyl groups is 1. The van der Waals surface area contributed by atoms with E-state index in [1.54, 1.807) is 13.2 Å². The van der Waals surface area contributed by atoms with Crippen LogP contribution in [0.5, 0.6) is 5.75 Å². The van der Waals surface area contributed by atoms with E-state index in [1.807, 2.05) is 5.38 Å². The molecule has 1 aromatic heterocycles. The second kappa shape index (κ2) is 5.71. The van der Waals surface area contributed by atoms with Crippen molar-refractivity contribution in [2.24, 2.45) is 0 Å². The highest BCUT2D eigenvalue weighted by Crippen LogP contribution is 2.28. The molecule has 0 unspecified atom stereocenters. The van der Waals surface area contributed by atoms with Gasteiger partial charge in [-0.1, -0.05) is 19.3 Å². The van der Waals surface area contributed by atoms with Crippen LogP contribution in [-0.4, -0.2) is 30.3 Å². The summed E-state index contributed by atoms with van der Waals surface area (Å²) < 4.78 is 5.11. The molecular formula is C13H19NO3S. The van der Waals surface area contributed by atoms with E-state index in [-0.39, 0.29) is 5.91 Å². The maximum Gasteiger partial charge on any atom is 0.265 e. The van der Waals surface area contributed by atoms with Crippen LogP contribution in [0, 0.1) is 0 Å². The summed E-state index contributed by atoms with van der Waals surface area (Å²) in [6, 6.07) is 1.77. The summed E-state index contributed by atoms with van der Waals surface area (Å²) in [6.07, 6.45) is 4.79. The normalized spacial score (nSPS) is 18.3. The molecule has 0 saturated heterocycles. The van der Waals surface area contributed by atoms with Gasteiger partial charge in [-0.3, -0.25) is 4.79 Å². The molecule has 1 fully saturated rings. The van der Waals surface area contributed by atoms with Crippen molar-refractivity contribution in [3.05, 3.63) is 16.3 Å². The predicted molar refractivity (Wildman–Crippen MR) is 71.2 cm³/mol. The van der Waals surface area contributed by atoms with E-state index in [1.165, 1.54) is 17.8 Å². The molecule has 4 nitrogen and oxygen atoms in total. The van der Waals surface area contributed by atoms with Gasteiger partial charge in [0, 0.05) is 6.54 Å². The van der Waals surface area contributed by atoms with Crippen molar-refractivity contribution in [1.29, 1.82) is 0 Å². The van der Waals surface area contributed by atoms with Crippen LogP contribution in [0.25, 0.3) is 0 Å². The highest BCUT2D eigenvalue weighted by Gasteiger charge is 2.30. The molecule has 1 heterocycles. The SMILES string of the molecule is COc1ccsc1C(=O)NCC1(O)CCCCC1. The molecular weight excluding hydrogens is 250 g/mol. The Bertz CT molecular complexity index is 410. The van der Waals surface area contributed by atoms with Crippen LogP contribution in [0.4, 0.5) is 0 Å². The van der Waals surface area contributed by atoms with Crippen LogP contribution in [-0.2, 0) is 0 Å². The van der Waals surface area contributed by atoms with Gasteiger partial charge in [-0.05, 0) is 24.3 Å². The van der Waals surface area contributed by atoms with Gasteiger partial charge in [-0.15, -0.1) is 11.3 Å². The number of ether oxygens (including phenoxy) is 1. The number of methoxy groups -OCH3 is 1. The van der Waals surface area contributed by atoms with Crippen LogP contribution in [0.3, 0.4) is 0 Å². The van der Waals surface area contributed by atoms with Crippen molar-refractivity contribution in [3.63, 3.8) is 0 Å². The van der Waals surface area contributed by atoms with Crippen LogP contribution in [0.15, 0.2) is 11.4 Å². The van der Waals surface area contributed by atoms with Crippen molar-refractivity contribution < 1.29 is 14.6 Å². The molecule has 0 aliphatic heterocycles. The van der Waals surface area contributed by atoms with E-state index >= 15 is 0 Å². The minimum Gasteiger partial charge on any atom is -0.495 e. The van der Waals surface area contributed by atoms with Crippen LogP contribution in [0.2, 0.25) is 0 Å². The molecule has 0 aromatic carbocycles. The van der Waals surface area contributed by atoms with Crippen molar-refractivity contribution in [2.45, 2.75) is 37.7 Å². The highest BCUT2D eigenvalue weighted by molar-refractivity contribution is 7.12. The number of nitrogens with one attached hydrogen (secondary N) is 1. The molecule has 1 aliphatic rings. The van der Waals surface area contributed by atoms with Gasteiger partial charge in [-0.2, -0.15) is 0 Å². The Labute approximate surface area is 111 Å². The van der Waals surface area contributed by atoms with Gasteiger partial charge in [0.25, 0.3) is 5.91 Å². The van der Waals surface area contributed by atoms with E-state index < -0.39 is 5.60 Å². The van der Waals surface area contributed by atoms with Crippen molar-refractivity contribution in [1.82, 2.24) is 5.32 Å². The first-order valence-corrected chi connectivity index (χ1v) is 7.15. The second-order valence-electron chi connectivity index (χ2n) is 4.79. The summed E-state index contributed by atoms with van der Waals surface area (Å²) in [5.74, 6) is 0.425. The minimum atomic E-state index is -0.724. The van der Waals surface area contributed by atoms with Gasteiger partial charge in [0.15, 0.2) is 0 Å². The molecule has 1 amide bonds. The van der Waals surface area contributed by atoms with Gasteiger partial charge in [-0.25, -0.2) is 0 Å². The van der Waals surface area contributed by atoms with Crippen molar-refractivity contribution in [2.75, 3.05) is 13.7 Å². The first-order chi connectivity index (χ1) is 8.64.